The van der Waals surface area contributed by atoms with Gasteiger partial charge < -0.3 is 10.1 Å². The number of aromatic nitrogens is 1. The molecular weight excluding hydrogens is 372 g/mol. The molecule has 0 saturated heterocycles. The Kier molecular flexibility index (Phi) is 6.55. The van der Waals surface area contributed by atoms with Crippen LogP contribution in [0.2, 0.25) is 0 Å². The van der Waals surface area contributed by atoms with Crippen molar-refractivity contribution in [3.63, 3.8) is 0 Å². The third-order valence-corrected chi connectivity index (χ3v) is 5.32. The Morgan fingerprint density at radius 1 is 1.00 bits per heavy atom. The molecule has 2 aromatic carbocycles. The van der Waals surface area contributed by atoms with Gasteiger partial charge in [0.1, 0.15) is 5.00 Å². The summed E-state index contributed by atoms with van der Waals surface area (Å²) in [6.07, 6.45) is 0.674. The smallest absolute Gasteiger partial charge is 0.360 e. The lowest BCUT2D eigenvalue weighted by Gasteiger charge is -2.17. The molecule has 5 nitrogen and oxygen atoms in total. The summed E-state index contributed by atoms with van der Waals surface area (Å²) in [7, 11) is 0. The number of hydrogen-bond acceptors (Lipinski definition) is 5. The minimum Gasteiger partial charge on any atom is -0.461 e. The number of ether oxygens (including phenoxy) is 1. The molecule has 0 atom stereocenters. The third-order valence-electron chi connectivity index (χ3n) is 4.21. The Bertz CT molecular complexity index is 899. The van der Waals surface area contributed by atoms with Crippen molar-refractivity contribution in [1.29, 1.82) is 0 Å². The lowest BCUT2D eigenvalue weighted by Crippen LogP contribution is -2.23. The zero-order valence-electron chi connectivity index (χ0n) is 15.8. The molecular formula is C22H22N2O3S. The van der Waals surface area contributed by atoms with Gasteiger partial charge in [-0.3, -0.25) is 4.79 Å². The molecule has 6 heteroatoms. The van der Waals surface area contributed by atoms with Gasteiger partial charge in [0, 0.05) is 0 Å². The number of hydrogen-bond donors (Lipinski definition) is 1. The van der Waals surface area contributed by atoms with E-state index >= 15 is 0 Å². The van der Waals surface area contributed by atoms with E-state index < -0.39 is 11.9 Å². The fourth-order valence-corrected chi connectivity index (χ4v) is 3.80. The maximum absolute atomic E-state index is 13.3. The fourth-order valence-electron chi connectivity index (χ4n) is 2.91. The van der Waals surface area contributed by atoms with E-state index in [-0.39, 0.29) is 18.2 Å². The number of aryl methyl sites for hydroxylation is 1. The van der Waals surface area contributed by atoms with Crippen LogP contribution in [0.5, 0.6) is 0 Å². The van der Waals surface area contributed by atoms with Gasteiger partial charge in [0.25, 0.3) is 0 Å². The Labute approximate surface area is 168 Å². The van der Waals surface area contributed by atoms with Crippen LogP contribution in [0.4, 0.5) is 5.00 Å². The van der Waals surface area contributed by atoms with Crippen molar-refractivity contribution < 1.29 is 14.3 Å². The first-order valence-electron chi connectivity index (χ1n) is 9.21. The van der Waals surface area contributed by atoms with Crippen LogP contribution in [0.15, 0.2) is 60.7 Å². The van der Waals surface area contributed by atoms with Gasteiger partial charge in [0.05, 0.1) is 17.5 Å². The van der Waals surface area contributed by atoms with Gasteiger partial charge in [-0.15, -0.1) is 11.3 Å². The summed E-state index contributed by atoms with van der Waals surface area (Å²) >= 11 is 1.31. The van der Waals surface area contributed by atoms with Crippen molar-refractivity contribution in [1.82, 2.24) is 4.98 Å². The molecule has 0 unspecified atom stereocenters. The molecule has 0 spiro atoms. The van der Waals surface area contributed by atoms with E-state index in [2.05, 4.69) is 10.3 Å². The first kappa shape index (κ1) is 19.8. The summed E-state index contributed by atoms with van der Waals surface area (Å²) < 4.78 is 5.09. The van der Waals surface area contributed by atoms with Crippen LogP contribution in [-0.2, 0) is 16.0 Å². The second-order valence-electron chi connectivity index (χ2n) is 6.10. The van der Waals surface area contributed by atoms with Crippen LogP contribution in [0.25, 0.3) is 0 Å². The number of nitrogens with one attached hydrogen (secondary N) is 1. The monoisotopic (exact) mass is 394 g/mol. The molecule has 0 radical (unpaired) electrons. The van der Waals surface area contributed by atoms with Crippen molar-refractivity contribution in [2.75, 3.05) is 11.9 Å². The third kappa shape index (κ3) is 4.46. The summed E-state index contributed by atoms with van der Waals surface area (Å²) in [6, 6.07) is 19.2. The number of nitrogens with zero attached hydrogens (tertiary/aromatic N) is 1. The van der Waals surface area contributed by atoms with Crippen LogP contribution in [-0.4, -0.2) is 23.5 Å². The van der Waals surface area contributed by atoms with Crippen molar-refractivity contribution in [2.45, 2.75) is 26.2 Å². The first-order valence-corrected chi connectivity index (χ1v) is 10.0. The van der Waals surface area contributed by atoms with Crippen molar-refractivity contribution in [2.24, 2.45) is 0 Å². The number of rotatable bonds is 7. The highest BCUT2D eigenvalue weighted by atomic mass is 32.1. The van der Waals surface area contributed by atoms with E-state index in [0.29, 0.717) is 11.4 Å². The van der Waals surface area contributed by atoms with Gasteiger partial charge in [-0.05, 0) is 24.5 Å². The summed E-state index contributed by atoms with van der Waals surface area (Å²) in [6.45, 7) is 3.95. The lowest BCUT2D eigenvalue weighted by atomic mass is 9.90. The normalized spacial score (nSPS) is 10.7. The fraction of sp³-hybridized carbons (Fsp3) is 0.227. The highest BCUT2D eigenvalue weighted by Gasteiger charge is 2.26. The van der Waals surface area contributed by atoms with Crippen molar-refractivity contribution in [3.8, 4) is 0 Å². The van der Waals surface area contributed by atoms with Gasteiger partial charge in [0.2, 0.25) is 5.91 Å². The SMILES string of the molecule is CCOC(=O)c1nc(CC)sc1NC(=O)C(c1ccccc1)c1ccccc1. The standard InChI is InChI=1S/C22H22N2O3S/c1-3-17-23-19(22(26)27-4-2)21(28-17)24-20(25)18(15-11-7-5-8-12-15)16-13-9-6-10-14-16/h5-14,18H,3-4H2,1-2H3,(H,24,25). The Hall–Kier alpha value is -2.99. The van der Waals surface area contributed by atoms with Crippen LogP contribution in [0.1, 0.15) is 46.4 Å². The lowest BCUT2D eigenvalue weighted by molar-refractivity contribution is -0.116. The van der Waals surface area contributed by atoms with E-state index in [4.69, 9.17) is 4.74 Å². The Morgan fingerprint density at radius 2 is 1.57 bits per heavy atom. The largest absolute Gasteiger partial charge is 0.461 e. The zero-order valence-corrected chi connectivity index (χ0v) is 16.7. The molecule has 0 aliphatic heterocycles. The topological polar surface area (TPSA) is 68.3 Å². The van der Waals surface area contributed by atoms with Crippen LogP contribution in [0, 0.1) is 0 Å². The molecule has 144 valence electrons. The number of carbonyl (C=O) groups is 2. The number of thiazole rings is 1. The number of benzene rings is 2. The van der Waals surface area contributed by atoms with Crippen LogP contribution in [0.3, 0.4) is 0 Å². The molecule has 0 bridgehead atoms. The van der Waals surface area contributed by atoms with E-state index in [9.17, 15) is 9.59 Å². The van der Waals surface area contributed by atoms with E-state index in [1.165, 1.54) is 11.3 Å². The maximum Gasteiger partial charge on any atom is 0.360 e. The molecule has 3 rings (SSSR count). The van der Waals surface area contributed by atoms with Crippen molar-refractivity contribution in [3.05, 3.63) is 82.5 Å². The highest BCUT2D eigenvalue weighted by molar-refractivity contribution is 7.16. The second-order valence-corrected chi connectivity index (χ2v) is 7.19. The highest BCUT2D eigenvalue weighted by Crippen LogP contribution is 2.30. The van der Waals surface area contributed by atoms with Crippen LogP contribution < -0.4 is 5.32 Å². The number of esters is 1. The molecule has 3 aromatic rings. The van der Waals surface area contributed by atoms with Crippen molar-refractivity contribution >= 4 is 28.2 Å². The van der Waals surface area contributed by atoms with Gasteiger partial charge in [-0.2, -0.15) is 0 Å². The molecule has 1 aromatic heterocycles. The van der Waals surface area contributed by atoms with E-state index in [0.717, 1.165) is 16.1 Å². The number of amides is 1. The molecule has 1 heterocycles. The average molecular weight is 394 g/mol. The summed E-state index contributed by atoms with van der Waals surface area (Å²) in [5, 5.41) is 4.12. The van der Waals surface area contributed by atoms with Gasteiger partial charge >= 0.3 is 5.97 Å². The van der Waals surface area contributed by atoms with E-state index in [1.54, 1.807) is 6.92 Å². The van der Waals surface area contributed by atoms with Gasteiger partial charge in [-0.25, -0.2) is 9.78 Å². The summed E-state index contributed by atoms with van der Waals surface area (Å²) in [5.74, 6) is -1.23. The van der Waals surface area contributed by atoms with E-state index in [1.807, 2.05) is 67.6 Å². The summed E-state index contributed by atoms with van der Waals surface area (Å²) in [5.41, 5.74) is 1.92. The molecule has 0 saturated carbocycles. The molecule has 28 heavy (non-hydrogen) atoms. The van der Waals surface area contributed by atoms with Gasteiger partial charge in [0.15, 0.2) is 5.69 Å². The quantitative estimate of drug-likeness (QED) is 0.592. The van der Waals surface area contributed by atoms with Crippen LogP contribution >= 0.6 is 11.3 Å². The first-order chi connectivity index (χ1) is 13.6. The average Bonchev–Trinajstić information content (AvgIpc) is 3.13. The molecule has 0 aliphatic carbocycles. The molecule has 0 aliphatic rings. The molecule has 1 amide bonds. The molecule has 0 fully saturated rings. The summed E-state index contributed by atoms with van der Waals surface area (Å²) in [4.78, 5) is 29.9. The Morgan fingerprint density at radius 3 is 2.07 bits per heavy atom. The zero-order chi connectivity index (χ0) is 19.9. The minimum absolute atomic E-state index is 0.164. The minimum atomic E-state index is -0.523. The molecule has 1 N–H and O–H groups in total. The number of carbonyl (C=O) groups excluding carboxylic acids is 2. The predicted octanol–water partition coefficient (Wildman–Crippen LogP) is 4.65. The van der Waals surface area contributed by atoms with Gasteiger partial charge in [-0.1, -0.05) is 67.6 Å². The Balaban J connectivity index is 1.95. The maximum atomic E-state index is 13.3. The predicted molar refractivity (Wildman–Crippen MR) is 111 cm³/mol. The second kappa shape index (κ2) is 9.28. The number of anilines is 1.